The van der Waals surface area contributed by atoms with E-state index < -0.39 is 11.1 Å². The highest BCUT2D eigenvalue weighted by atomic mass is 32.1. The first-order valence-electron chi connectivity index (χ1n) is 5.10. The molecule has 0 aliphatic rings. The SMILES string of the molecule is Nc1[nH]c(=S)[nH]c(=O)c1Cc1c(N)[nH]c(=S)[nH]c1=O. The molecule has 8 nitrogen and oxygen atoms in total. The molecule has 0 aliphatic carbocycles. The molecule has 19 heavy (non-hydrogen) atoms. The van der Waals surface area contributed by atoms with Gasteiger partial charge in [-0.15, -0.1) is 0 Å². The van der Waals surface area contributed by atoms with E-state index in [2.05, 4.69) is 19.9 Å². The fourth-order valence-electron chi connectivity index (χ4n) is 1.59. The molecular weight excluding hydrogens is 288 g/mol. The molecule has 2 heterocycles. The largest absolute Gasteiger partial charge is 0.385 e. The topological polar surface area (TPSA) is 149 Å². The van der Waals surface area contributed by atoms with Gasteiger partial charge in [-0.25, -0.2) is 0 Å². The van der Waals surface area contributed by atoms with Crippen molar-refractivity contribution >= 4 is 36.1 Å². The van der Waals surface area contributed by atoms with Crippen LogP contribution in [0.1, 0.15) is 11.1 Å². The predicted molar refractivity (Wildman–Crippen MR) is 76.1 cm³/mol. The van der Waals surface area contributed by atoms with Crippen molar-refractivity contribution < 1.29 is 0 Å². The minimum atomic E-state index is -0.470. The van der Waals surface area contributed by atoms with Crippen LogP contribution in [-0.4, -0.2) is 19.9 Å². The Morgan fingerprint density at radius 3 is 1.47 bits per heavy atom. The van der Waals surface area contributed by atoms with E-state index in [1.807, 2.05) is 0 Å². The van der Waals surface area contributed by atoms with Crippen LogP contribution in [0.5, 0.6) is 0 Å². The zero-order chi connectivity index (χ0) is 14.2. The summed E-state index contributed by atoms with van der Waals surface area (Å²) in [6.07, 6.45) is -0.0411. The van der Waals surface area contributed by atoms with Crippen molar-refractivity contribution in [3.63, 3.8) is 0 Å². The molecule has 0 bridgehead atoms. The molecule has 2 rings (SSSR count). The standard InChI is InChI=1S/C9H10N6O2S2/c10-4-2(6(16)14-8(18)12-4)1-3-5(11)13-9(19)15-7(3)17/h1H2,(H4,10,12,14,16,18)(H4,11,13,15,17,19). The fraction of sp³-hybridized carbons (Fsp3) is 0.111. The number of rotatable bonds is 2. The summed E-state index contributed by atoms with van der Waals surface area (Å²) in [5.74, 6) is 0.185. The second-order valence-electron chi connectivity index (χ2n) is 3.78. The second-order valence-corrected chi connectivity index (χ2v) is 4.59. The Kier molecular flexibility index (Phi) is 3.36. The molecule has 10 heteroatoms. The molecule has 0 spiro atoms. The summed E-state index contributed by atoms with van der Waals surface area (Å²) < 4.78 is 0.223. The van der Waals surface area contributed by atoms with Gasteiger partial charge in [-0.1, -0.05) is 0 Å². The van der Waals surface area contributed by atoms with Crippen molar-refractivity contribution in [3.8, 4) is 0 Å². The van der Waals surface area contributed by atoms with Gasteiger partial charge in [-0.3, -0.25) is 19.6 Å². The Labute approximate surface area is 115 Å². The van der Waals surface area contributed by atoms with Crippen molar-refractivity contribution in [1.82, 2.24) is 19.9 Å². The van der Waals surface area contributed by atoms with Crippen LogP contribution in [0.2, 0.25) is 0 Å². The first-order chi connectivity index (χ1) is 8.88. The third kappa shape index (κ3) is 2.63. The third-order valence-electron chi connectivity index (χ3n) is 2.50. The maximum atomic E-state index is 11.7. The number of anilines is 2. The number of H-pyrrole nitrogens is 4. The molecule has 100 valence electrons. The Morgan fingerprint density at radius 2 is 1.16 bits per heavy atom. The van der Waals surface area contributed by atoms with E-state index in [1.165, 1.54) is 0 Å². The predicted octanol–water partition coefficient (Wildman–Crippen LogP) is -0.0664. The highest BCUT2D eigenvalue weighted by Gasteiger charge is 2.12. The van der Waals surface area contributed by atoms with Gasteiger partial charge >= 0.3 is 0 Å². The van der Waals surface area contributed by atoms with Crippen molar-refractivity contribution in [3.05, 3.63) is 41.4 Å². The first kappa shape index (κ1) is 13.2. The third-order valence-corrected chi connectivity index (χ3v) is 2.91. The van der Waals surface area contributed by atoms with Gasteiger partial charge in [0.25, 0.3) is 11.1 Å². The average molecular weight is 298 g/mol. The molecule has 0 aromatic carbocycles. The van der Waals surface area contributed by atoms with Crippen molar-refractivity contribution in [2.24, 2.45) is 0 Å². The monoisotopic (exact) mass is 298 g/mol. The Morgan fingerprint density at radius 1 is 0.789 bits per heavy atom. The molecule has 0 atom stereocenters. The minimum Gasteiger partial charge on any atom is -0.385 e. The molecular formula is C9H10N6O2S2. The van der Waals surface area contributed by atoms with Crippen molar-refractivity contribution in [2.75, 3.05) is 11.5 Å². The number of nitrogen functional groups attached to an aromatic ring is 2. The van der Waals surface area contributed by atoms with Crippen LogP contribution < -0.4 is 22.6 Å². The molecule has 0 unspecified atom stereocenters. The Hall–Kier alpha value is -2.20. The van der Waals surface area contributed by atoms with E-state index in [1.54, 1.807) is 0 Å². The number of hydrogen-bond acceptors (Lipinski definition) is 6. The van der Waals surface area contributed by atoms with Gasteiger partial charge in [0.2, 0.25) is 0 Å². The van der Waals surface area contributed by atoms with Crippen LogP contribution in [0.3, 0.4) is 0 Å². The van der Waals surface area contributed by atoms with Crippen molar-refractivity contribution in [1.29, 1.82) is 0 Å². The summed E-state index contributed by atoms with van der Waals surface area (Å²) in [4.78, 5) is 33.5. The molecule has 2 aromatic rings. The molecule has 0 saturated carbocycles. The van der Waals surface area contributed by atoms with Gasteiger partial charge in [0, 0.05) is 6.42 Å². The number of aromatic nitrogens is 4. The summed E-state index contributed by atoms with van der Waals surface area (Å²) in [6.45, 7) is 0. The van der Waals surface area contributed by atoms with Gasteiger partial charge in [0.05, 0.1) is 11.1 Å². The molecule has 8 N–H and O–H groups in total. The minimum absolute atomic E-state index is 0.0411. The van der Waals surface area contributed by atoms with Gasteiger partial charge in [0.1, 0.15) is 11.6 Å². The molecule has 0 saturated heterocycles. The zero-order valence-corrected chi connectivity index (χ0v) is 11.1. The van der Waals surface area contributed by atoms with Crippen LogP contribution >= 0.6 is 24.4 Å². The Bertz CT molecular complexity index is 787. The molecule has 0 radical (unpaired) electrons. The smallest absolute Gasteiger partial charge is 0.257 e. The van der Waals surface area contributed by atoms with Crippen LogP contribution in [0.4, 0.5) is 11.6 Å². The van der Waals surface area contributed by atoms with Crippen LogP contribution in [0.25, 0.3) is 0 Å². The van der Waals surface area contributed by atoms with E-state index in [0.717, 1.165) is 0 Å². The average Bonchev–Trinajstić information content (AvgIpc) is 2.25. The van der Waals surface area contributed by atoms with Gasteiger partial charge in [-0.05, 0) is 24.4 Å². The van der Waals surface area contributed by atoms with E-state index in [-0.39, 0.29) is 38.7 Å². The summed E-state index contributed by atoms with van der Waals surface area (Å²) in [6, 6.07) is 0. The summed E-state index contributed by atoms with van der Waals surface area (Å²) in [5, 5.41) is 0. The van der Waals surface area contributed by atoms with E-state index in [9.17, 15) is 9.59 Å². The van der Waals surface area contributed by atoms with Crippen molar-refractivity contribution in [2.45, 2.75) is 6.42 Å². The Balaban J connectivity index is 2.61. The van der Waals surface area contributed by atoms with Gasteiger partial charge in [-0.2, -0.15) is 0 Å². The van der Waals surface area contributed by atoms with E-state index >= 15 is 0 Å². The lowest BCUT2D eigenvalue weighted by molar-refractivity contribution is 0.978. The van der Waals surface area contributed by atoms with E-state index in [4.69, 9.17) is 35.9 Å². The summed E-state index contributed by atoms with van der Waals surface area (Å²) >= 11 is 9.55. The highest BCUT2D eigenvalue weighted by molar-refractivity contribution is 7.71. The molecule has 2 aromatic heterocycles. The number of nitrogens with one attached hydrogen (secondary N) is 4. The first-order valence-corrected chi connectivity index (χ1v) is 5.92. The number of aromatic amines is 4. The maximum Gasteiger partial charge on any atom is 0.257 e. The second kappa shape index (κ2) is 4.82. The van der Waals surface area contributed by atoms with Crippen LogP contribution in [0.15, 0.2) is 9.59 Å². The highest BCUT2D eigenvalue weighted by Crippen LogP contribution is 2.10. The fourth-order valence-corrected chi connectivity index (χ4v) is 1.99. The molecule has 0 aliphatic heterocycles. The molecule has 0 amide bonds. The number of nitrogens with two attached hydrogens (primary N) is 2. The lowest BCUT2D eigenvalue weighted by atomic mass is 10.1. The van der Waals surface area contributed by atoms with Crippen LogP contribution in [-0.2, 0) is 6.42 Å². The summed E-state index contributed by atoms with van der Waals surface area (Å²) in [7, 11) is 0. The normalized spacial score (nSPS) is 10.5. The zero-order valence-electron chi connectivity index (χ0n) is 9.49. The maximum absolute atomic E-state index is 11.7. The number of hydrogen-bond donors (Lipinski definition) is 6. The van der Waals surface area contributed by atoms with Crippen LogP contribution in [0, 0.1) is 9.54 Å². The summed E-state index contributed by atoms with van der Waals surface area (Å²) in [5.41, 5.74) is 10.8. The lowest BCUT2D eigenvalue weighted by Gasteiger charge is -2.06. The molecule has 0 fully saturated rings. The lowest BCUT2D eigenvalue weighted by Crippen LogP contribution is -2.23. The van der Waals surface area contributed by atoms with Gasteiger partial charge < -0.3 is 21.4 Å². The quantitative estimate of drug-likeness (QED) is 0.427. The van der Waals surface area contributed by atoms with Gasteiger partial charge in [0.15, 0.2) is 9.54 Å². The van der Waals surface area contributed by atoms with E-state index in [0.29, 0.717) is 0 Å².